The number of hydrogen-bond donors (Lipinski definition) is 7. The van der Waals surface area contributed by atoms with Gasteiger partial charge in [-0.25, -0.2) is 33.7 Å². The number of aliphatic hydroxyl groups is 1. The van der Waals surface area contributed by atoms with Gasteiger partial charge in [0.2, 0.25) is 5.91 Å². The number of esters is 1. The number of nitrogen functional groups attached to an aromatic ring is 2. The van der Waals surface area contributed by atoms with Crippen LogP contribution in [0.5, 0.6) is 0 Å². The van der Waals surface area contributed by atoms with Gasteiger partial charge in [-0.3, -0.25) is 27.5 Å². The number of aromatic nitrogens is 6. The number of rotatable bonds is 17. The molecule has 3 aromatic heterocycles. The molecule has 0 aliphatic carbocycles. The lowest BCUT2D eigenvalue weighted by Crippen LogP contribution is -2.48. The predicted molar refractivity (Wildman–Crippen MR) is 186 cm³/mol. The van der Waals surface area contributed by atoms with Crippen molar-refractivity contribution in [3.05, 3.63) is 48.1 Å². The second-order valence-electron chi connectivity index (χ2n) is 12.8. The Hall–Kier alpha value is -4.19. The fourth-order valence-electron chi connectivity index (χ4n) is 5.79. The Labute approximate surface area is 311 Å². The molecule has 2 saturated heterocycles. The molecule has 2 fully saturated rings. The SMILES string of the molecule is C=CCCC(=O)N[C@@H](C(C)C)[13C](=O)O[C@H]1[C@@H](O)[C@H](n2cnc3c(N)ncnc32)O[C@@H]1COP(=O)(O)O[C@H]1C[C@H](n2ccc(N)nc2=O)O[C@@H]1COP(=O)(O)O. The van der Waals surface area contributed by atoms with Gasteiger partial charge in [0.25, 0.3) is 0 Å². The number of imidazole rings is 1. The summed E-state index contributed by atoms with van der Waals surface area (Å²) in [5, 5.41) is 14.1. The van der Waals surface area contributed by atoms with E-state index < -0.39 is 101 Å². The molecule has 0 radical (unpaired) electrons. The summed E-state index contributed by atoms with van der Waals surface area (Å²) in [6.07, 6.45) is -5.01. The molecule has 0 bridgehead atoms. The summed E-state index contributed by atoms with van der Waals surface area (Å²) in [5.41, 5.74) is 10.9. The number of hydrogen-bond acceptors (Lipinski definition) is 18. The van der Waals surface area contributed by atoms with Crippen molar-refractivity contribution in [1.29, 1.82) is 0 Å². The second-order valence-corrected chi connectivity index (χ2v) is 15.4. The highest BCUT2D eigenvalue weighted by atomic mass is 31.2. The number of carbonyl (C=O) groups is 2. The molecule has 0 aromatic carbocycles. The summed E-state index contributed by atoms with van der Waals surface area (Å²) >= 11 is 0. The average Bonchev–Trinajstić information content (AvgIpc) is 3.79. The molecule has 0 saturated carbocycles. The van der Waals surface area contributed by atoms with E-state index in [1.807, 2.05) is 0 Å². The highest BCUT2D eigenvalue weighted by Gasteiger charge is 2.50. The standard InChI is InChI=1S/C29H41N9O15P2/c1-4-5-6-19(39)36-21(14(2)3)28(41)52-24-17(51-27(23(24)40)38-13-34-22-25(31)32-12-33-26(22)38)11-49-55(46,47)53-15-9-20(37-8-7-18(30)35-29(37)42)50-16(15)10-48-54(43,44)45/h4,7-8,12-17,20-21,23-24,27,40H,1,5-6,9-11H2,2-3H3,(H,36,39)(H,46,47)(H2,30,35,42)(H2,31,32,33)(H2,43,44,45)/t15-,16+,17+,20+,21-,23+,24+,27+/m0/s1/i28+1. The number of anilines is 2. The van der Waals surface area contributed by atoms with Crippen LogP contribution in [0.2, 0.25) is 0 Å². The summed E-state index contributed by atoms with van der Waals surface area (Å²) in [7, 11) is -10.2. The largest absolute Gasteiger partial charge is 0.472 e. The second kappa shape index (κ2) is 17.3. The number of phosphoric acid groups is 2. The van der Waals surface area contributed by atoms with E-state index in [1.54, 1.807) is 13.8 Å². The summed E-state index contributed by atoms with van der Waals surface area (Å²) in [4.78, 5) is 83.6. The first-order valence-corrected chi connectivity index (χ1v) is 19.6. The Morgan fingerprint density at radius 1 is 1.11 bits per heavy atom. The number of aliphatic hydroxyl groups excluding tert-OH is 1. The summed E-state index contributed by atoms with van der Waals surface area (Å²) in [6.45, 7) is 5.18. The van der Waals surface area contributed by atoms with E-state index in [0.29, 0.717) is 6.42 Å². The molecule has 1 amide bonds. The van der Waals surface area contributed by atoms with Crippen molar-refractivity contribution < 1.29 is 66.3 Å². The lowest BCUT2D eigenvalue weighted by Gasteiger charge is -2.26. The fourth-order valence-corrected chi connectivity index (χ4v) is 7.09. The van der Waals surface area contributed by atoms with Crippen LogP contribution in [-0.4, -0.2) is 111 Å². The third-order valence-electron chi connectivity index (χ3n) is 8.46. The van der Waals surface area contributed by atoms with Gasteiger partial charge in [-0.05, 0) is 18.4 Å². The number of nitrogens with two attached hydrogens (primary N) is 2. The molecule has 5 rings (SSSR count). The number of nitrogens with one attached hydrogen (secondary N) is 1. The number of amides is 1. The topological polar surface area (TPSA) is 347 Å². The normalized spacial score (nSPS) is 25.8. The van der Waals surface area contributed by atoms with Crippen molar-refractivity contribution in [2.45, 2.75) is 82.1 Å². The first-order chi connectivity index (χ1) is 25.9. The maximum absolute atomic E-state index is 13.5. The van der Waals surface area contributed by atoms with Crippen molar-refractivity contribution in [2.75, 3.05) is 24.7 Å². The highest BCUT2D eigenvalue weighted by Crippen LogP contribution is 2.50. The lowest BCUT2D eigenvalue weighted by molar-refractivity contribution is -0.161. The van der Waals surface area contributed by atoms with Crippen molar-refractivity contribution in [2.24, 2.45) is 5.92 Å². The van der Waals surface area contributed by atoms with Crippen LogP contribution in [0.1, 0.15) is 45.6 Å². The highest BCUT2D eigenvalue weighted by molar-refractivity contribution is 7.47. The van der Waals surface area contributed by atoms with Crippen molar-refractivity contribution in [1.82, 2.24) is 34.4 Å². The number of carbonyl (C=O) groups excluding carboxylic acids is 2. The van der Waals surface area contributed by atoms with Crippen molar-refractivity contribution in [3.8, 4) is 0 Å². The summed E-state index contributed by atoms with van der Waals surface area (Å²) < 4.78 is 59.6. The Kier molecular flexibility index (Phi) is 13.2. The van der Waals surface area contributed by atoms with E-state index in [-0.39, 0.29) is 35.6 Å². The van der Waals surface area contributed by atoms with Gasteiger partial charge in [-0.15, -0.1) is 6.58 Å². The molecule has 1 unspecified atom stereocenters. The minimum absolute atomic E-state index is 0.0181. The zero-order chi connectivity index (χ0) is 40.2. The van der Waals surface area contributed by atoms with Gasteiger partial charge in [0.05, 0.1) is 19.5 Å². The van der Waals surface area contributed by atoms with Gasteiger partial charge in [0.15, 0.2) is 23.8 Å². The molecule has 9 atom stereocenters. The van der Waals surface area contributed by atoms with Crippen molar-refractivity contribution in [3.63, 3.8) is 0 Å². The van der Waals surface area contributed by atoms with Gasteiger partial charge >= 0.3 is 27.3 Å². The number of allylic oxidation sites excluding steroid dienone is 1. The van der Waals surface area contributed by atoms with E-state index in [2.05, 4.69) is 36.4 Å². The monoisotopic (exact) mass is 818 g/mol. The molecule has 24 nitrogen and oxygen atoms in total. The van der Waals surface area contributed by atoms with Crippen LogP contribution in [0.4, 0.5) is 11.6 Å². The average molecular weight is 819 g/mol. The van der Waals surface area contributed by atoms with E-state index in [4.69, 9.17) is 34.7 Å². The predicted octanol–water partition coefficient (Wildman–Crippen LogP) is -0.576. The number of ether oxygens (including phenoxy) is 3. The van der Waals surface area contributed by atoms with Gasteiger partial charge in [-0.2, -0.15) is 4.98 Å². The minimum atomic E-state index is -5.18. The maximum atomic E-state index is 13.5. The van der Waals surface area contributed by atoms with Crippen LogP contribution in [0, 0.1) is 5.92 Å². The van der Waals surface area contributed by atoms with Crippen LogP contribution < -0.4 is 22.5 Å². The van der Waals surface area contributed by atoms with Gasteiger partial charge in [0.1, 0.15) is 54.3 Å². The molecule has 55 heavy (non-hydrogen) atoms. The van der Waals surface area contributed by atoms with E-state index in [1.165, 1.54) is 29.2 Å². The molecule has 302 valence electrons. The Morgan fingerprint density at radius 3 is 2.51 bits per heavy atom. The first-order valence-electron chi connectivity index (χ1n) is 16.6. The molecule has 2 aliphatic heterocycles. The fraction of sp³-hybridized carbons (Fsp3) is 0.552. The maximum Gasteiger partial charge on any atom is 0.472 e. The lowest BCUT2D eigenvalue weighted by atomic mass is 10.1. The summed E-state index contributed by atoms with van der Waals surface area (Å²) in [6, 6.07) is 0.104. The van der Waals surface area contributed by atoms with E-state index in [9.17, 15) is 43.3 Å². The molecule has 9 N–H and O–H groups in total. The van der Waals surface area contributed by atoms with E-state index in [0.717, 1.165) is 10.9 Å². The Bertz CT molecular complexity index is 2030. The summed E-state index contributed by atoms with van der Waals surface area (Å²) in [5.74, 6) is -1.98. The van der Waals surface area contributed by atoms with E-state index >= 15 is 0 Å². The number of nitrogens with zero attached hydrogens (tertiary/aromatic N) is 6. The van der Waals surface area contributed by atoms with Gasteiger partial charge in [-0.1, -0.05) is 19.9 Å². The molecule has 2 aliphatic rings. The Morgan fingerprint density at radius 2 is 1.84 bits per heavy atom. The first kappa shape index (κ1) is 42.0. The third-order valence-corrected chi connectivity index (χ3v) is 9.95. The zero-order valence-corrected chi connectivity index (χ0v) is 31.1. The molecule has 5 heterocycles. The quantitative estimate of drug-likeness (QED) is 0.0388. The molecular formula is C29H41N9O15P2. The van der Waals surface area contributed by atoms with Gasteiger partial charge in [0, 0.05) is 19.0 Å². The van der Waals surface area contributed by atoms with Crippen LogP contribution in [0.3, 0.4) is 0 Å². The smallest absolute Gasteiger partial charge is 0.455 e. The third kappa shape index (κ3) is 10.4. The molecule has 0 spiro atoms. The molecule has 3 aromatic rings. The molecule has 26 heteroatoms. The van der Waals surface area contributed by atoms with Crippen LogP contribution >= 0.6 is 15.6 Å². The van der Waals surface area contributed by atoms with Crippen LogP contribution in [0.15, 0.2) is 42.4 Å². The zero-order valence-electron chi connectivity index (χ0n) is 29.3. The molecular weight excluding hydrogens is 777 g/mol. The van der Waals surface area contributed by atoms with Crippen LogP contribution in [-0.2, 0) is 46.5 Å². The van der Waals surface area contributed by atoms with Gasteiger partial charge < -0.3 is 50.8 Å². The van der Waals surface area contributed by atoms with Crippen molar-refractivity contribution >= 4 is 50.3 Å². The number of fused-ring (bicyclic) bond motifs is 1. The number of phosphoric ester groups is 2. The van der Waals surface area contributed by atoms with Crippen LogP contribution in [0.25, 0.3) is 11.2 Å². The Balaban J connectivity index is 1.36. The minimum Gasteiger partial charge on any atom is -0.455 e.